The molecule has 1 N–H and O–H groups in total. The van der Waals surface area contributed by atoms with Crippen LogP contribution in [0, 0.1) is 23.0 Å². The van der Waals surface area contributed by atoms with E-state index in [1.54, 1.807) is 0 Å². The number of ether oxygens (including phenoxy) is 1. The number of esters is 1. The number of nitrogens with zero attached hydrogens (tertiary/aromatic N) is 1. The molecule has 0 unspecified atom stereocenters. The smallest absolute Gasteiger partial charge is 0.341 e. The van der Waals surface area contributed by atoms with Gasteiger partial charge in [0.15, 0.2) is 6.61 Å². The van der Waals surface area contributed by atoms with E-state index in [0.717, 1.165) is 12.1 Å². The van der Waals surface area contributed by atoms with Crippen molar-refractivity contribution in [3.05, 3.63) is 65.2 Å². The Kier molecular flexibility index (Phi) is 5.00. The van der Waals surface area contributed by atoms with Crippen LogP contribution in [-0.4, -0.2) is 18.5 Å². The topological polar surface area (TPSA) is 79.2 Å². The summed E-state index contributed by atoms with van der Waals surface area (Å²) in [4.78, 5) is 23.3. The largest absolute Gasteiger partial charge is 0.452 e. The van der Waals surface area contributed by atoms with Crippen LogP contribution in [0.1, 0.15) is 15.9 Å². The zero-order chi connectivity index (χ0) is 16.8. The number of amides is 1. The molecule has 23 heavy (non-hydrogen) atoms. The number of anilines is 1. The van der Waals surface area contributed by atoms with E-state index in [1.165, 1.54) is 24.3 Å². The molecule has 0 spiro atoms. The first-order valence-corrected chi connectivity index (χ1v) is 6.42. The molecular weight excluding hydrogens is 306 g/mol. The van der Waals surface area contributed by atoms with E-state index in [4.69, 9.17) is 5.26 Å². The fourth-order valence-corrected chi connectivity index (χ4v) is 1.69. The molecule has 1 amide bonds. The van der Waals surface area contributed by atoms with Crippen LogP contribution in [0.5, 0.6) is 0 Å². The van der Waals surface area contributed by atoms with Crippen molar-refractivity contribution in [1.29, 1.82) is 5.26 Å². The Labute approximate surface area is 130 Å². The zero-order valence-corrected chi connectivity index (χ0v) is 11.7. The summed E-state index contributed by atoms with van der Waals surface area (Å²) in [5, 5.41) is 11.1. The molecule has 0 bridgehead atoms. The zero-order valence-electron chi connectivity index (χ0n) is 11.7. The van der Waals surface area contributed by atoms with Gasteiger partial charge in [-0.25, -0.2) is 13.6 Å². The van der Waals surface area contributed by atoms with Crippen molar-refractivity contribution in [1.82, 2.24) is 0 Å². The monoisotopic (exact) mass is 316 g/mol. The molecule has 0 aliphatic heterocycles. The third kappa shape index (κ3) is 4.35. The van der Waals surface area contributed by atoms with Gasteiger partial charge in [-0.05, 0) is 36.4 Å². The van der Waals surface area contributed by atoms with Crippen molar-refractivity contribution < 1.29 is 23.1 Å². The molecule has 0 atom stereocenters. The number of carbonyl (C=O) groups is 2. The summed E-state index contributed by atoms with van der Waals surface area (Å²) in [6.07, 6.45) is 0. The van der Waals surface area contributed by atoms with Crippen LogP contribution in [0.4, 0.5) is 14.5 Å². The Morgan fingerprint density at radius 3 is 2.43 bits per heavy atom. The number of benzene rings is 2. The molecule has 0 saturated carbocycles. The van der Waals surface area contributed by atoms with Gasteiger partial charge in [0, 0.05) is 11.8 Å². The number of carbonyl (C=O) groups excluding carboxylic acids is 2. The molecule has 0 heterocycles. The van der Waals surface area contributed by atoms with E-state index in [0.29, 0.717) is 17.3 Å². The first kappa shape index (κ1) is 16.1. The summed E-state index contributed by atoms with van der Waals surface area (Å²) in [6.45, 7) is -0.629. The van der Waals surface area contributed by atoms with Gasteiger partial charge in [-0.3, -0.25) is 4.79 Å². The number of hydrogen-bond donors (Lipinski definition) is 1. The third-order valence-electron chi connectivity index (χ3n) is 2.78. The van der Waals surface area contributed by atoms with Gasteiger partial charge < -0.3 is 10.1 Å². The minimum atomic E-state index is -1.07. The lowest BCUT2D eigenvalue weighted by molar-refractivity contribution is -0.119. The van der Waals surface area contributed by atoms with Gasteiger partial charge in [0.2, 0.25) is 0 Å². The second-order valence-corrected chi connectivity index (χ2v) is 4.44. The highest BCUT2D eigenvalue weighted by Gasteiger charge is 2.15. The maximum absolute atomic E-state index is 13.4. The van der Waals surface area contributed by atoms with Crippen molar-refractivity contribution in [2.45, 2.75) is 0 Å². The molecule has 7 heteroatoms. The molecule has 2 aromatic carbocycles. The fraction of sp³-hybridized carbons (Fsp3) is 0.0625. The second kappa shape index (κ2) is 7.13. The van der Waals surface area contributed by atoms with Crippen LogP contribution in [0.2, 0.25) is 0 Å². The molecule has 0 aromatic heterocycles. The molecule has 0 radical (unpaired) electrons. The van der Waals surface area contributed by atoms with Crippen LogP contribution in [0.15, 0.2) is 42.5 Å². The van der Waals surface area contributed by atoms with Crippen LogP contribution in [0.3, 0.4) is 0 Å². The Balaban J connectivity index is 1.90. The maximum Gasteiger partial charge on any atom is 0.341 e. The van der Waals surface area contributed by atoms with Gasteiger partial charge in [0.05, 0.1) is 17.2 Å². The lowest BCUT2D eigenvalue weighted by Crippen LogP contribution is -2.21. The van der Waals surface area contributed by atoms with E-state index in [9.17, 15) is 18.4 Å². The van der Waals surface area contributed by atoms with Crippen LogP contribution in [0.25, 0.3) is 0 Å². The summed E-state index contributed by atoms with van der Waals surface area (Å²) in [6, 6.07) is 10.4. The Morgan fingerprint density at radius 1 is 1.13 bits per heavy atom. The van der Waals surface area contributed by atoms with Gasteiger partial charge in [0.1, 0.15) is 11.6 Å². The number of nitrogens with one attached hydrogen (secondary N) is 1. The summed E-state index contributed by atoms with van der Waals surface area (Å²) in [5.74, 6) is -3.59. The van der Waals surface area contributed by atoms with Gasteiger partial charge in [-0.1, -0.05) is 0 Å². The summed E-state index contributed by atoms with van der Waals surface area (Å²) in [5.41, 5.74) is 0.386. The van der Waals surface area contributed by atoms with E-state index in [2.05, 4.69) is 10.1 Å². The highest BCUT2D eigenvalue weighted by atomic mass is 19.1. The highest BCUT2D eigenvalue weighted by molar-refractivity contribution is 5.95. The number of halogens is 2. The van der Waals surface area contributed by atoms with E-state index >= 15 is 0 Å². The van der Waals surface area contributed by atoms with Crippen molar-refractivity contribution >= 4 is 17.6 Å². The molecule has 0 aliphatic carbocycles. The molecule has 2 aromatic rings. The molecule has 2 rings (SSSR count). The summed E-state index contributed by atoms with van der Waals surface area (Å²) >= 11 is 0. The summed E-state index contributed by atoms with van der Waals surface area (Å²) in [7, 11) is 0. The molecule has 0 fully saturated rings. The number of rotatable bonds is 4. The van der Waals surface area contributed by atoms with E-state index in [1.807, 2.05) is 6.07 Å². The highest BCUT2D eigenvalue weighted by Crippen LogP contribution is 2.11. The van der Waals surface area contributed by atoms with Gasteiger partial charge >= 0.3 is 5.97 Å². The van der Waals surface area contributed by atoms with Gasteiger partial charge in [-0.2, -0.15) is 5.26 Å². The van der Waals surface area contributed by atoms with Crippen LogP contribution in [-0.2, 0) is 9.53 Å². The lowest BCUT2D eigenvalue weighted by atomic mass is 10.2. The van der Waals surface area contributed by atoms with Crippen molar-refractivity contribution in [2.24, 2.45) is 0 Å². The molecule has 0 aliphatic rings. The third-order valence-corrected chi connectivity index (χ3v) is 2.78. The van der Waals surface area contributed by atoms with Crippen molar-refractivity contribution in [2.75, 3.05) is 11.9 Å². The molecular formula is C16H10F2N2O3. The molecule has 116 valence electrons. The average molecular weight is 316 g/mol. The van der Waals surface area contributed by atoms with Gasteiger partial charge in [-0.15, -0.1) is 0 Å². The number of nitriles is 1. The van der Waals surface area contributed by atoms with Crippen molar-refractivity contribution in [3.8, 4) is 6.07 Å². The standard InChI is InChI=1S/C16H10F2N2O3/c17-11-3-6-13(14(18)7-11)16(22)23-9-15(21)20-12-4-1-10(8-19)2-5-12/h1-7H,9H2,(H,20,21). The Bertz CT molecular complexity index is 783. The minimum Gasteiger partial charge on any atom is -0.452 e. The van der Waals surface area contributed by atoms with E-state index < -0.39 is 35.7 Å². The maximum atomic E-state index is 13.4. The van der Waals surface area contributed by atoms with Gasteiger partial charge in [0.25, 0.3) is 5.91 Å². The Morgan fingerprint density at radius 2 is 1.83 bits per heavy atom. The minimum absolute atomic E-state index is 0.415. The molecule has 5 nitrogen and oxygen atoms in total. The predicted molar refractivity (Wildman–Crippen MR) is 76.4 cm³/mol. The average Bonchev–Trinajstić information content (AvgIpc) is 2.53. The lowest BCUT2D eigenvalue weighted by Gasteiger charge is -2.07. The Hall–Kier alpha value is -3.27. The molecule has 0 saturated heterocycles. The van der Waals surface area contributed by atoms with Crippen LogP contribution >= 0.6 is 0 Å². The predicted octanol–water partition coefficient (Wildman–Crippen LogP) is 2.63. The quantitative estimate of drug-likeness (QED) is 0.879. The second-order valence-electron chi connectivity index (χ2n) is 4.44. The van der Waals surface area contributed by atoms with Crippen molar-refractivity contribution in [3.63, 3.8) is 0 Å². The first-order chi connectivity index (χ1) is 11.0. The van der Waals surface area contributed by atoms with Crippen LogP contribution < -0.4 is 5.32 Å². The normalized spacial score (nSPS) is 9.78. The summed E-state index contributed by atoms with van der Waals surface area (Å²) < 4.78 is 30.8. The SMILES string of the molecule is N#Cc1ccc(NC(=O)COC(=O)c2ccc(F)cc2F)cc1. The number of hydrogen-bond acceptors (Lipinski definition) is 4. The first-order valence-electron chi connectivity index (χ1n) is 6.42. The van der Waals surface area contributed by atoms with E-state index in [-0.39, 0.29) is 0 Å². The fourth-order valence-electron chi connectivity index (χ4n) is 1.69.